The molecular weight excluding hydrogens is 315 g/mol. The van der Waals surface area contributed by atoms with E-state index >= 15 is 0 Å². The largest absolute Gasteiger partial charge is 0.271 e. The predicted molar refractivity (Wildman–Crippen MR) is 64.0 cm³/mol. The quantitative estimate of drug-likeness (QED) is 0.781. The van der Waals surface area contributed by atoms with E-state index < -0.39 is 9.84 Å². The summed E-state index contributed by atoms with van der Waals surface area (Å²) in [5.41, 5.74) is 1.13. The van der Waals surface area contributed by atoms with Gasteiger partial charge >= 0.3 is 0 Å². The van der Waals surface area contributed by atoms with E-state index in [0.29, 0.717) is 13.0 Å². The predicted octanol–water partition coefficient (Wildman–Crippen LogP) is 1.23. The lowest BCUT2D eigenvalue weighted by Crippen LogP contribution is -2.07. The number of halogens is 1. The van der Waals surface area contributed by atoms with Crippen molar-refractivity contribution in [3.8, 4) is 0 Å². The maximum atomic E-state index is 10.9. The molecule has 0 fully saturated rings. The van der Waals surface area contributed by atoms with Crippen LogP contribution in [-0.4, -0.2) is 30.2 Å². The Morgan fingerprint density at radius 1 is 1.57 bits per heavy atom. The summed E-state index contributed by atoms with van der Waals surface area (Å²) in [6, 6.07) is 0. The molecule has 0 atom stereocenters. The van der Waals surface area contributed by atoms with Gasteiger partial charge in [-0.1, -0.05) is 0 Å². The van der Waals surface area contributed by atoms with Crippen molar-refractivity contribution in [1.82, 2.24) is 9.78 Å². The minimum absolute atomic E-state index is 0.225. The molecule has 0 aliphatic rings. The Hall–Kier alpha value is -0.110. The Labute approximate surface area is 97.8 Å². The maximum absolute atomic E-state index is 10.9. The van der Waals surface area contributed by atoms with E-state index in [1.54, 1.807) is 4.68 Å². The van der Waals surface area contributed by atoms with Crippen LogP contribution in [0.2, 0.25) is 0 Å². The van der Waals surface area contributed by atoms with Gasteiger partial charge in [0.05, 0.1) is 5.75 Å². The van der Waals surface area contributed by atoms with Crippen molar-refractivity contribution in [2.45, 2.75) is 19.9 Å². The fraction of sp³-hybridized carbons (Fsp3) is 0.625. The van der Waals surface area contributed by atoms with Crippen molar-refractivity contribution in [3.63, 3.8) is 0 Å². The third-order valence-electron chi connectivity index (χ3n) is 1.79. The molecule has 0 radical (unpaired) electrons. The summed E-state index contributed by atoms with van der Waals surface area (Å²) in [6.07, 6.45) is 3.81. The summed E-state index contributed by atoms with van der Waals surface area (Å²) in [4.78, 5) is 0. The molecule has 4 nitrogen and oxygen atoms in total. The Morgan fingerprint density at radius 2 is 2.21 bits per heavy atom. The molecular formula is C8H13IN2O2S. The lowest BCUT2D eigenvalue weighted by Gasteiger charge is -1.99. The molecule has 0 saturated heterocycles. The number of rotatable bonds is 4. The van der Waals surface area contributed by atoms with E-state index in [2.05, 4.69) is 27.7 Å². The van der Waals surface area contributed by atoms with Crippen LogP contribution in [0.3, 0.4) is 0 Å². The van der Waals surface area contributed by atoms with E-state index in [1.165, 1.54) is 6.26 Å². The van der Waals surface area contributed by atoms with Gasteiger partial charge in [-0.15, -0.1) is 0 Å². The van der Waals surface area contributed by atoms with Crippen LogP contribution in [0.5, 0.6) is 0 Å². The minimum Gasteiger partial charge on any atom is -0.271 e. The van der Waals surface area contributed by atoms with Crippen molar-refractivity contribution >= 4 is 32.4 Å². The number of aryl methyl sites for hydroxylation is 2. The summed E-state index contributed by atoms with van der Waals surface area (Å²) in [7, 11) is -2.84. The normalized spacial score (nSPS) is 11.9. The van der Waals surface area contributed by atoms with Gasteiger partial charge in [0, 0.05) is 24.6 Å². The number of hydrogen-bond acceptors (Lipinski definition) is 3. The highest BCUT2D eigenvalue weighted by atomic mass is 127. The third-order valence-corrected chi connectivity index (χ3v) is 3.88. The van der Waals surface area contributed by atoms with Gasteiger partial charge < -0.3 is 0 Å². The van der Waals surface area contributed by atoms with Crippen LogP contribution in [0.4, 0.5) is 0 Å². The first-order chi connectivity index (χ1) is 6.38. The molecule has 0 aliphatic heterocycles. The maximum Gasteiger partial charge on any atom is 0.147 e. The molecule has 1 heterocycles. The second-order valence-corrected chi connectivity index (χ2v) is 6.63. The van der Waals surface area contributed by atoms with Gasteiger partial charge in [0.15, 0.2) is 0 Å². The molecule has 0 unspecified atom stereocenters. The van der Waals surface area contributed by atoms with E-state index in [9.17, 15) is 8.42 Å². The third kappa shape index (κ3) is 3.95. The summed E-state index contributed by atoms with van der Waals surface area (Å²) in [5, 5.41) is 4.24. The first kappa shape index (κ1) is 12.0. The summed E-state index contributed by atoms with van der Waals surface area (Å²) < 4.78 is 24.5. The standard InChI is InChI=1S/C8H13IN2O2S/c1-7-6-11(10-8(7)9)4-3-5-14(2,12)13/h6H,3-5H2,1-2H3. The van der Waals surface area contributed by atoms with E-state index in [4.69, 9.17) is 0 Å². The van der Waals surface area contributed by atoms with Gasteiger partial charge in [-0.25, -0.2) is 8.42 Å². The second kappa shape index (κ2) is 4.61. The first-order valence-corrected chi connectivity index (χ1v) is 7.40. The molecule has 0 spiro atoms. The van der Waals surface area contributed by atoms with Gasteiger partial charge in [0.25, 0.3) is 0 Å². The average Bonchev–Trinajstić information content (AvgIpc) is 2.28. The number of aromatic nitrogens is 2. The Balaban J connectivity index is 2.47. The van der Waals surface area contributed by atoms with Gasteiger partial charge in [-0.2, -0.15) is 5.10 Å². The molecule has 14 heavy (non-hydrogen) atoms. The fourth-order valence-electron chi connectivity index (χ4n) is 1.10. The lowest BCUT2D eigenvalue weighted by atomic mass is 10.4. The van der Waals surface area contributed by atoms with Crippen molar-refractivity contribution in [2.24, 2.45) is 0 Å². The number of sulfone groups is 1. The van der Waals surface area contributed by atoms with Crippen LogP contribution in [-0.2, 0) is 16.4 Å². The molecule has 1 rings (SSSR count). The highest BCUT2D eigenvalue weighted by Gasteiger charge is 2.04. The van der Waals surface area contributed by atoms with E-state index in [0.717, 1.165) is 9.26 Å². The van der Waals surface area contributed by atoms with Crippen molar-refractivity contribution in [3.05, 3.63) is 15.5 Å². The molecule has 1 aromatic rings. The smallest absolute Gasteiger partial charge is 0.147 e. The van der Waals surface area contributed by atoms with Crippen LogP contribution in [0.25, 0.3) is 0 Å². The zero-order valence-electron chi connectivity index (χ0n) is 8.20. The molecule has 0 amide bonds. The monoisotopic (exact) mass is 328 g/mol. The van der Waals surface area contributed by atoms with Crippen LogP contribution in [0.15, 0.2) is 6.20 Å². The molecule has 1 aromatic heterocycles. The van der Waals surface area contributed by atoms with Crippen LogP contribution < -0.4 is 0 Å². The van der Waals surface area contributed by atoms with Crippen molar-refractivity contribution in [1.29, 1.82) is 0 Å². The van der Waals surface area contributed by atoms with E-state index in [1.807, 2.05) is 13.1 Å². The van der Waals surface area contributed by atoms with Crippen molar-refractivity contribution in [2.75, 3.05) is 12.0 Å². The lowest BCUT2D eigenvalue weighted by molar-refractivity contribution is 0.575. The molecule has 0 aliphatic carbocycles. The number of nitrogens with zero attached hydrogens (tertiary/aromatic N) is 2. The molecule has 6 heteroatoms. The van der Waals surface area contributed by atoms with Gasteiger partial charge in [-0.05, 0) is 35.9 Å². The van der Waals surface area contributed by atoms with E-state index in [-0.39, 0.29) is 5.75 Å². The molecule has 0 saturated carbocycles. The fourth-order valence-corrected chi connectivity index (χ4v) is 2.17. The first-order valence-electron chi connectivity index (χ1n) is 4.26. The molecule has 0 bridgehead atoms. The van der Waals surface area contributed by atoms with Gasteiger partial charge in [0.1, 0.15) is 13.5 Å². The second-order valence-electron chi connectivity index (χ2n) is 3.35. The SMILES string of the molecule is Cc1cn(CCCS(C)(=O)=O)nc1I. The Kier molecular flexibility index (Phi) is 3.94. The minimum atomic E-state index is -2.84. The number of hydrogen-bond donors (Lipinski definition) is 0. The van der Waals surface area contributed by atoms with Crippen molar-refractivity contribution < 1.29 is 8.42 Å². The summed E-state index contributed by atoms with van der Waals surface area (Å²) in [5.74, 6) is 0.225. The van der Waals surface area contributed by atoms with Crippen LogP contribution >= 0.6 is 22.6 Å². The summed E-state index contributed by atoms with van der Waals surface area (Å²) in [6.45, 7) is 2.65. The molecule has 0 N–H and O–H groups in total. The van der Waals surface area contributed by atoms with Gasteiger partial charge in [-0.3, -0.25) is 4.68 Å². The Morgan fingerprint density at radius 3 is 2.64 bits per heavy atom. The highest BCUT2D eigenvalue weighted by molar-refractivity contribution is 14.1. The van der Waals surface area contributed by atoms with Gasteiger partial charge in [0.2, 0.25) is 0 Å². The molecule has 0 aromatic carbocycles. The highest BCUT2D eigenvalue weighted by Crippen LogP contribution is 2.08. The zero-order chi connectivity index (χ0) is 10.8. The average molecular weight is 328 g/mol. The van der Waals surface area contributed by atoms with Crippen LogP contribution in [0, 0.1) is 10.6 Å². The molecule has 80 valence electrons. The van der Waals surface area contributed by atoms with Crippen LogP contribution in [0.1, 0.15) is 12.0 Å². The topological polar surface area (TPSA) is 52.0 Å². The summed E-state index contributed by atoms with van der Waals surface area (Å²) >= 11 is 2.16. The zero-order valence-corrected chi connectivity index (χ0v) is 11.2. The Bertz CT molecular complexity index is 391.